The number of aromatic hydroxyl groups is 1. The first-order chi connectivity index (χ1) is 9.08. The molecule has 0 spiro atoms. The first-order valence-corrected chi connectivity index (χ1v) is 5.94. The molecule has 2 rings (SSSR count). The number of amides is 1. The van der Waals surface area contributed by atoms with Gasteiger partial charge in [-0.1, -0.05) is 18.2 Å². The van der Waals surface area contributed by atoms with Crippen molar-refractivity contribution in [2.24, 2.45) is 0 Å². The normalized spacial score (nSPS) is 10.0. The first-order valence-electron chi connectivity index (χ1n) is 5.94. The standard InChI is InChI=1S/C15H16N2O2/c1-17(2)14-9-4-3-8-13(14)16-15(19)11-6-5-7-12(18)10-11/h3-10,18H,1-2H3,(H,16,19). The molecule has 0 unspecified atom stereocenters. The maximum Gasteiger partial charge on any atom is 0.255 e. The van der Waals surface area contributed by atoms with Gasteiger partial charge >= 0.3 is 0 Å². The van der Waals surface area contributed by atoms with E-state index in [-0.39, 0.29) is 11.7 Å². The van der Waals surface area contributed by atoms with Crippen molar-refractivity contribution in [3.05, 3.63) is 54.1 Å². The molecule has 2 aromatic rings. The van der Waals surface area contributed by atoms with Crippen LogP contribution in [-0.2, 0) is 0 Å². The molecule has 0 aliphatic heterocycles. The van der Waals surface area contributed by atoms with Gasteiger partial charge in [0.2, 0.25) is 0 Å². The molecule has 0 heterocycles. The molecule has 19 heavy (non-hydrogen) atoms. The Bertz CT molecular complexity index is 594. The van der Waals surface area contributed by atoms with Gasteiger partial charge in [0.15, 0.2) is 0 Å². The zero-order valence-corrected chi connectivity index (χ0v) is 10.9. The molecular formula is C15H16N2O2. The predicted molar refractivity (Wildman–Crippen MR) is 76.8 cm³/mol. The first kappa shape index (κ1) is 13.0. The summed E-state index contributed by atoms with van der Waals surface area (Å²) in [5.41, 5.74) is 2.09. The third-order valence-electron chi connectivity index (χ3n) is 2.74. The van der Waals surface area contributed by atoms with E-state index >= 15 is 0 Å². The van der Waals surface area contributed by atoms with Crippen molar-refractivity contribution in [2.45, 2.75) is 0 Å². The Morgan fingerprint density at radius 1 is 1.11 bits per heavy atom. The van der Waals surface area contributed by atoms with Crippen LogP contribution >= 0.6 is 0 Å². The largest absolute Gasteiger partial charge is 0.508 e. The highest BCUT2D eigenvalue weighted by Crippen LogP contribution is 2.24. The number of benzene rings is 2. The molecule has 0 saturated heterocycles. The van der Waals surface area contributed by atoms with E-state index in [1.807, 2.05) is 43.3 Å². The fraction of sp³-hybridized carbons (Fsp3) is 0.133. The summed E-state index contributed by atoms with van der Waals surface area (Å²) in [5.74, 6) is -0.168. The number of para-hydroxylation sites is 2. The monoisotopic (exact) mass is 256 g/mol. The smallest absolute Gasteiger partial charge is 0.255 e. The minimum atomic E-state index is -0.245. The lowest BCUT2D eigenvalue weighted by atomic mass is 10.2. The number of nitrogens with zero attached hydrogens (tertiary/aromatic N) is 1. The molecule has 1 amide bonds. The number of carbonyl (C=O) groups excluding carboxylic acids is 1. The molecule has 0 radical (unpaired) electrons. The van der Waals surface area contributed by atoms with Gasteiger partial charge in [-0.05, 0) is 30.3 Å². The molecule has 2 N–H and O–H groups in total. The lowest BCUT2D eigenvalue weighted by molar-refractivity contribution is 0.102. The van der Waals surface area contributed by atoms with Crippen molar-refractivity contribution in [2.75, 3.05) is 24.3 Å². The van der Waals surface area contributed by atoms with E-state index in [1.54, 1.807) is 12.1 Å². The van der Waals surface area contributed by atoms with Crippen molar-refractivity contribution in [1.82, 2.24) is 0 Å². The van der Waals surface area contributed by atoms with Crippen LogP contribution in [0.15, 0.2) is 48.5 Å². The van der Waals surface area contributed by atoms with Gasteiger partial charge in [-0.3, -0.25) is 4.79 Å². The van der Waals surface area contributed by atoms with Crippen LogP contribution < -0.4 is 10.2 Å². The molecule has 0 atom stereocenters. The summed E-state index contributed by atoms with van der Waals surface area (Å²) < 4.78 is 0. The Kier molecular flexibility index (Phi) is 3.71. The van der Waals surface area contributed by atoms with Crippen molar-refractivity contribution >= 4 is 17.3 Å². The fourth-order valence-electron chi connectivity index (χ4n) is 1.81. The number of rotatable bonds is 3. The number of phenols is 1. The Hall–Kier alpha value is -2.49. The Balaban J connectivity index is 2.24. The third kappa shape index (κ3) is 3.04. The van der Waals surface area contributed by atoms with Crippen molar-refractivity contribution in [3.8, 4) is 5.75 Å². The average molecular weight is 256 g/mol. The van der Waals surface area contributed by atoms with Crippen LogP contribution in [0.5, 0.6) is 5.75 Å². The summed E-state index contributed by atoms with van der Waals surface area (Å²) >= 11 is 0. The fourth-order valence-corrected chi connectivity index (χ4v) is 1.81. The summed E-state index contributed by atoms with van der Waals surface area (Å²) in [5, 5.41) is 12.2. The van der Waals surface area contributed by atoms with Gasteiger partial charge < -0.3 is 15.3 Å². The third-order valence-corrected chi connectivity index (χ3v) is 2.74. The summed E-state index contributed by atoms with van der Waals surface area (Å²) in [6, 6.07) is 13.8. The van der Waals surface area contributed by atoms with E-state index in [1.165, 1.54) is 12.1 Å². The number of hydrogen-bond donors (Lipinski definition) is 2. The number of carbonyl (C=O) groups is 1. The number of nitrogens with one attached hydrogen (secondary N) is 1. The Morgan fingerprint density at radius 2 is 1.84 bits per heavy atom. The lowest BCUT2D eigenvalue weighted by Crippen LogP contribution is -2.16. The minimum absolute atomic E-state index is 0.0774. The number of phenolic OH excluding ortho intramolecular Hbond substituents is 1. The van der Waals surface area contributed by atoms with Crippen LogP contribution in [0, 0.1) is 0 Å². The summed E-state index contributed by atoms with van der Waals surface area (Å²) in [6.07, 6.45) is 0. The highest BCUT2D eigenvalue weighted by atomic mass is 16.3. The molecular weight excluding hydrogens is 240 g/mol. The van der Waals surface area contributed by atoms with E-state index in [0.29, 0.717) is 5.56 Å². The van der Waals surface area contributed by atoms with Gasteiger partial charge in [0.1, 0.15) is 5.75 Å². The average Bonchev–Trinajstić information content (AvgIpc) is 2.39. The van der Waals surface area contributed by atoms with Crippen LogP contribution in [0.3, 0.4) is 0 Å². The van der Waals surface area contributed by atoms with Crippen molar-refractivity contribution in [3.63, 3.8) is 0 Å². The molecule has 0 aromatic heterocycles. The van der Waals surface area contributed by atoms with Crippen LogP contribution in [-0.4, -0.2) is 25.1 Å². The van der Waals surface area contributed by atoms with Gasteiger partial charge in [0.05, 0.1) is 11.4 Å². The zero-order chi connectivity index (χ0) is 13.8. The van der Waals surface area contributed by atoms with Crippen LogP contribution in [0.4, 0.5) is 11.4 Å². The molecule has 98 valence electrons. The summed E-state index contributed by atoms with van der Waals surface area (Å²) in [4.78, 5) is 14.0. The van der Waals surface area contributed by atoms with Gasteiger partial charge in [-0.2, -0.15) is 0 Å². The van der Waals surface area contributed by atoms with Crippen LogP contribution in [0.1, 0.15) is 10.4 Å². The number of anilines is 2. The van der Waals surface area contributed by atoms with Gasteiger partial charge in [0.25, 0.3) is 5.91 Å². The molecule has 0 bridgehead atoms. The number of hydrogen-bond acceptors (Lipinski definition) is 3. The molecule has 4 heteroatoms. The summed E-state index contributed by atoms with van der Waals surface area (Å²) in [7, 11) is 3.83. The molecule has 0 aliphatic rings. The van der Waals surface area contributed by atoms with E-state index in [2.05, 4.69) is 5.32 Å². The molecule has 0 aliphatic carbocycles. The lowest BCUT2D eigenvalue weighted by Gasteiger charge is -2.17. The minimum Gasteiger partial charge on any atom is -0.508 e. The maximum absolute atomic E-state index is 12.1. The van der Waals surface area contributed by atoms with E-state index in [0.717, 1.165) is 11.4 Å². The Morgan fingerprint density at radius 3 is 2.53 bits per heavy atom. The second-order valence-corrected chi connectivity index (χ2v) is 4.42. The van der Waals surface area contributed by atoms with Gasteiger partial charge in [-0.25, -0.2) is 0 Å². The van der Waals surface area contributed by atoms with Gasteiger partial charge in [0, 0.05) is 19.7 Å². The zero-order valence-electron chi connectivity index (χ0n) is 10.9. The molecule has 0 fully saturated rings. The topological polar surface area (TPSA) is 52.6 Å². The van der Waals surface area contributed by atoms with E-state index in [9.17, 15) is 9.90 Å². The molecule has 0 saturated carbocycles. The van der Waals surface area contributed by atoms with Gasteiger partial charge in [-0.15, -0.1) is 0 Å². The highest BCUT2D eigenvalue weighted by molar-refractivity contribution is 6.06. The van der Waals surface area contributed by atoms with Crippen LogP contribution in [0.2, 0.25) is 0 Å². The van der Waals surface area contributed by atoms with Crippen molar-refractivity contribution < 1.29 is 9.90 Å². The summed E-state index contributed by atoms with van der Waals surface area (Å²) in [6.45, 7) is 0. The highest BCUT2D eigenvalue weighted by Gasteiger charge is 2.10. The SMILES string of the molecule is CN(C)c1ccccc1NC(=O)c1cccc(O)c1. The quantitative estimate of drug-likeness (QED) is 0.887. The predicted octanol–water partition coefficient (Wildman–Crippen LogP) is 2.71. The van der Waals surface area contributed by atoms with E-state index in [4.69, 9.17) is 0 Å². The van der Waals surface area contributed by atoms with E-state index < -0.39 is 0 Å². The molecule has 4 nitrogen and oxygen atoms in total. The second-order valence-electron chi connectivity index (χ2n) is 4.42. The van der Waals surface area contributed by atoms with Crippen molar-refractivity contribution in [1.29, 1.82) is 0 Å². The van der Waals surface area contributed by atoms with Crippen LogP contribution in [0.25, 0.3) is 0 Å². The Labute approximate surface area is 112 Å². The maximum atomic E-state index is 12.1. The molecule has 2 aromatic carbocycles. The second kappa shape index (κ2) is 5.44.